The predicted octanol–water partition coefficient (Wildman–Crippen LogP) is 2.24. The zero-order valence-corrected chi connectivity index (χ0v) is 9.91. The average molecular weight is 233 g/mol. The minimum atomic E-state index is 0.754. The Balaban J connectivity index is 1.66. The van der Waals surface area contributed by atoms with Crippen molar-refractivity contribution < 1.29 is 0 Å². The van der Waals surface area contributed by atoms with E-state index in [2.05, 4.69) is 31.7 Å². The fraction of sp³-hybridized carbons (Fsp3) is 0.417. The number of nitrogens with one attached hydrogen (secondary N) is 1. The minimum Gasteiger partial charge on any atom is -0.329 e. The van der Waals surface area contributed by atoms with Crippen LogP contribution < -0.4 is 5.32 Å². The molecule has 2 aromatic rings. The lowest BCUT2D eigenvalue weighted by atomic mass is 10.3. The first-order valence-corrected chi connectivity index (χ1v) is 6.59. The summed E-state index contributed by atoms with van der Waals surface area (Å²) >= 11 is 1.75. The minimum absolute atomic E-state index is 0.754. The summed E-state index contributed by atoms with van der Waals surface area (Å²) in [5, 5.41) is 7.83. The highest BCUT2D eigenvalue weighted by Crippen LogP contribution is 2.19. The normalized spacial score (nSPS) is 15.5. The van der Waals surface area contributed by atoms with E-state index in [0.29, 0.717) is 0 Å². The Bertz CT molecular complexity index is 443. The van der Waals surface area contributed by atoms with Gasteiger partial charge in [-0.2, -0.15) is 11.3 Å². The highest BCUT2D eigenvalue weighted by atomic mass is 32.1. The van der Waals surface area contributed by atoms with Crippen LogP contribution in [0.25, 0.3) is 0 Å². The Labute approximate surface area is 99.1 Å². The molecule has 0 amide bonds. The molecule has 0 spiro atoms. The van der Waals surface area contributed by atoms with Crippen LogP contribution in [0.1, 0.15) is 24.1 Å². The highest BCUT2D eigenvalue weighted by molar-refractivity contribution is 7.07. The average Bonchev–Trinajstić information content (AvgIpc) is 2.79. The number of nitrogens with zero attached hydrogens (tertiary/aromatic N) is 2. The highest BCUT2D eigenvalue weighted by Gasteiger charge is 2.20. The molecule has 1 aliphatic rings. The van der Waals surface area contributed by atoms with E-state index in [-0.39, 0.29) is 0 Å². The Hall–Kier alpha value is -1.13. The van der Waals surface area contributed by atoms with Crippen molar-refractivity contribution in [1.29, 1.82) is 0 Å². The van der Waals surface area contributed by atoms with Crippen LogP contribution in [0.3, 0.4) is 0 Å². The number of aromatic nitrogens is 2. The summed E-state index contributed by atoms with van der Waals surface area (Å²) in [6.07, 6.45) is 6.54. The molecule has 1 fully saturated rings. The number of rotatable bonds is 5. The van der Waals surface area contributed by atoms with Gasteiger partial charge in [-0.1, -0.05) is 0 Å². The van der Waals surface area contributed by atoms with Gasteiger partial charge < -0.3 is 9.88 Å². The van der Waals surface area contributed by atoms with E-state index in [1.54, 1.807) is 11.3 Å². The number of thiophene rings is 1. The molecule has 0 unspecified atom stereocenters. The van der Waals surface area contributed by atoms with Crippen molar-refractivity contribution in [3.63, 3.8) is 0 Å². The van der Waals surface area contributed by atoms with Crippen molar-refractivity contribution in [2.75, 3.05) is 0 Å². The maximum Gasteiger partial charge on any atom is 0.0951 e. The smallest absolute Gasteiger partial charge is 0.0951 e. The van der Waals surface area contributed by atoms with Crippen LogP contribution in [0.2, 0.25) is 0 Å². The lowest BCUT2D eigenvalue weighted by Crippen LogP contribution is -2.18. The summed E-state index contributed by atoms with van der Waals surface area (Å²) in [6.45, 7) is 1.87. The first-order chi connectivity index (χ1) is 7.92. The fourth-order valence-corrected chi connectivity index (χ4v) is 2.41. The second-order valence-corrected chi connectivity index (χ2v) is 5.08. The van der Waals surface area contributed by atoms with Crippen molar-refractivity contribution in [1.82, 2.24) is 14.9 Å². The third-order valence-electron chi connectivity index (χ3n) is 2.88. The largest absolute Gasteiger partial charge is 0.329 e. The van der Waals surface area contributed by atoms with Gasteiger partial charge in [-0.05, 0) is 35.2 Å². The molecule has 4 heteroatoms. The molecule has 0 radical (unpaired) electrons. The summed E-state index contributed by atoms with van der Waals surface area (Å²) < 4.78 is 2.22. The number of hydrogen-bond acceptors (Lipinski definition) is 3. The van der Waals surface area contributed by atoms with Crippen LogP contribution in [-0.2, 0) is 13.1 Å². The Kier molecular flexibility index (Phi) is 2.76. The van der Waals surface area contributed by atoms with Gasteiger partial charge in [0.05, 0.1) is 12.0 Å². The molecule has 0 aliphatic heterocycles. The monoisotopic (exact) mass is 233 g/mol. The molecular formula is C12H15N3S. The maximum atomic E-state index is 4.23. The van der Waals surface area contributed by atoms with Gasteiger partial charge in [0.2, 0.25) is 0 Å². The van der Waals surface area contributed by atoms with Gasteiger partial charge in [0.15, 0.2) is 0 Å². The third-order valence-corrected chi connectivity index (χ3v) is 3.61. The first kappa shape index (κ1) is 10.1. The quantitative estimate of drug-likeness (QED) is 0.858. The zero-order chi connectivity index (χ0) is 10.8. The Morgan fingerprint density at radius 3 is 3.19 bits per heavy atom. The molecule has 1 aliphatic carbocycles. The first-order valence-electron chi connectivity index (χ1n) is 5.65. The number of hydrogen-bond donors (Lipinski definition) is 1. The van der Waals surface area contributed by atoms with Crippen LogP contribution in [0, 0.1) is 0 Å². The standard InChI is InChI=1S/C12H15N3S/c1-2-11(1)14-6-12-5-13-9-15(12)7-10-3-4-16-8-10/h3-5,8-9,11,14H,1-2,6-7H2. The summed E-state index contributed by atoms with van der Waals surface area (Å²) in [4.78, 5) is 4.23. The van der Waals surface area contributed by atoms with Gasteiger partial charge in [0, 0.05) is 25.3 Å². The van der Waals surface area contributed by atoms with Crippen molar-refractivity contribution in [3.8, 4) is 0 Å². The van der Waals surface area contributed by atoms with Gasteiger partial charge in [0.1, 0.15) is 0 Å². The van der Waals surface area contributed by atoms with Crippen LogP contribution >= 0.6 is 11.3 Å². The molecule has 3 rings (SSSR count). The van der Waals surface area contributed by atoms with Gasteiger partial charge in [0.25, 0.3) is 0 Å². The van der Waals surface area contributed by atoms with E-state index >= 15 is 0 Å². The molecule has 1 saturated carbocycles. The van der Waals surface area contributed by atoms with Crippen molar-refractivity contribution >= 4 is 11.3 Å². The van der Waals surface area contributed by atoms with Gasteiger partial charge >= 0.3 is 0 Å². The van der Waals surface area contributed by atoms with E-state index in [0.717, 1.165) is 19.1 Å². The van der Waals surface area contributed by atoms with Crippen LogP contribution in [0.5, 0.6) is 0 Å². The summed E-state index contributed by atoms with van der Waals surface area (Å²) in [7, 11) is 0. The van der Waals surface area contributed by atoms with Gasteiger partial charge in [-0.15, -0.1) is 0 Å². The molecule has 2 heterocycles. The lowest BCUT2D eigenvalue weighted by Gasteiger charge is -2.07. The molecule has 84 valence electrons. The maximum absolute atomic E-state index is 4.23. The molecule has 16 heavy (non-hydrogen) atoms. The van der Waals surface area contributed by atoms with E-state index in [1.807, 2.05) is 12.5 Å². The topological polar surface area (TPSA) is 29.9 Å². The molecule has 3 nitrogen and oxygen atoms in total. The Morgan fingerprint density at radius 1 is 1.50 bits per heavy atom. The molecule has 0 atom stereocenters. The van der Waals surface area contributed by atoms with Crippen LogP contribution in [0.15, 0.2) is 29.4 Å². The molecule has 0 saturated heterocycles. The van der Waals surface area contributed by atoms with Crippen molar-refractivity contribution in [3.05, 3.63) is 40.6 Å². The second-order valence-electron chi connectivity index (χ2n) is 4.30. The second kappa shape index (κ2) is 4.39. The SMILES string of the molecule is c1cc(Cn2cncc2CNC2CC2)cs1. The van der Waals surface area contributed by atoms with Crippen LogP contribution in [-0.4, -0.2) is 15.6 Å². The summed E-state index contributed by atoms with van der Waals surface area (Å²) in [6, 6.07) is 2.92. The van der Waals surface area contributed by atoms with Gasteiger partial charge in [-0.25, -0.2) is 4.98 Å². The molecule has 2 aromatic heterocycles. The number of imidazole rings is 1. The molecule has 1 N–H and O–H groups in total. The molecule has 0 aromatic carbocycles. The fourth-order valence-electron chi connectivity index (χ4n) is 1.75. The van der Waals surface area contributed by atoms with Crippen LogP contribution in [0.4, 0.5) is 0 Å². The molecular weight excluding hydrogens is 218 g/mol. The lowest BCUT2D eigenvalue weighted by molar-refractivity contribution is 0.634. The van der Waals surface area contributed by atoms with E-state index in [1.165, 1.54) is 24.1 Å². The van der Waals surface area contributed by atoms with Crippen molar-refractivity contribution in [2.45, 2.75) is 32.0 Å². The summed E-state index contributed by atoms with van der Waals surface area (Å²) in [5.41, 5.74) is 2.63. The predicted molar refractivity (Wildman–Crippen MR) is 65.5 cm³/mol. The third kappa shape index (κ3) is 2.33. The van der Waals surface area contributed by atoms with E-state index < -0.39 is 0 Å². The van der Waals surface area contributed by atoms with Crippen molar-refractivity contribution in [2.24, 2.45) is 0 Å². The van der Waals surface area contributed by atoms with E-state index in [4.69, 9.17) is 0 Å². The van der Waals surface area contributed by atoms with E-state index in [9.17, 15) is 0 Å². The summed E-state index contributed by atoms with van der Waals surface area (Å²) in [5.74, 6) is 0. The molecule has 0 bridgehead atoms. The Morgan fingerprint density at radius 2 is 2.44 bits per heavy atom. The zero-order valence-electron chi connectivity index (χ0n) is 9.10. The van der Waals surface area contributed by atoms with Gasteiger partial charge in [-0.3, -0.25) is 0 Å².